The van der Waals surface area contributed by atoms with Crippen molar-refractivity contribution in [2.75, 3.05) is 6.54 Å². The predicted octanol–water partition coefficient (Wildman–Crippen LogP) is 1.86. The van der Waals surface area contributed by atoms with Gasteiger partial charge in [-0.25, -0.2) is 12.7 Å². The van der Waals surface area contributed by atoms with Gasteiger partial charge >= 0.3 is 0 Å². The fourth-order valence-electron chi connectivity index (χ4n) is 1.89. The second kappa shape index (κ2) is 4.57. The van der Waals surface area contributed by atoms with Crippen LogP contribution in [0.2, 0.25) is 0 Å². The number of amides is 1. The molecule has 96 valence electrons. The molecule has 1 aliphatic heterocycles. The highest BCUT2D eigenvalue weighted by molar-refractivity contribution is 7.89. The van der Waals surface area contributed by atoms with E-state index in [2.05, 4.69) is 6.58 Å². The summed E-state index contributed by atoms with van der Waals surface area (Å²) in [5.74, 6) is -0.484. The number of carbonyl (C=O) groups excluding carboxylic acids is 1. The largest absolute Gasteiger partial charge is 0.268 e. The summed E-state index contributed by atoms with van der Waals surface area (Å²) in [6.07, 6.45) is 1.20. The van der Waals surface area contributed by atoms with Crippen LogP contribution in [0, 0.1) is 6.92 Å². The molecule has 0 unspecified atom stereocenters. The van der Waals surface area contributed by atoms with Gasteiger partial charge in [0.2, 0.25) is 0 Å². The number of sulfonamides is 1. The zero-order valence-electron chi connectivity index (χ0n) is 10.2. The summed E-state index contributed by atoms with van der Waals surface area (Å²) in [7, 11) is -3.74. The number of nitrogens with zero attached hydrogens (tertiary/aromatic N) is 1. The molecule has 1 aromatic rings. The molecule has 0 aliphatic carbocycles. The SMILES string of the molecule is C=C1CCCN(S(=O)(=O)c2ccc(C)cc2)C1=O. The Hall–Kier alpha value is -1.62. The van der Waals surface area contributed by atoms with Crippen molar-refractivity contribution in [2.45, 2.75) is 24.7 Å². The summed E-state index contributed by atoms with van der Waals surface area (Å²) in [5.41, 5.74) is 1.33. The maximum absolute atomic E-state index is 12.3. The Kier molecular flexibility index (Phi) is 3.26. The van der Waals surface area contributed by atoms with Crippen molar-refractivity contribution >= 4 is 15.9 Å². The van der Waals surface area contributed by atoms with Crippen molar-refractivity contribution < 1.29 is 13.2 Å². The maximum Gasteiger partial charge on any atom is 0.266 e. The predicted molar refractivity (Wildman–Crippen MR) is 68.5 cm³/mol. The molecule has 1 aromatic carbocycles. The molecule has 0 bridgehead atoms. The number of carbonyl (C=O) groups is 1. The second-order valence-electron chi connectivity index (χ2n) is 4.40. The van der Waals surface area contributed by atoms with Gasteiger partial charge < -0.3 is 0 Å². The molecule has 1 amide bonds. The lowest BCUT2D eigenvalue weighted by Gasteiger charge is -2.27. The van der Waals surface area contributed by atoms with Gasteiger partial charge in [-0.3, -0.25) is 4.79 Å². The summed E-state index contributed by atoms with van der Waals surface area (Å²) in [6.45, 7) is 5.72. The molecule has 0 radical (unpaired) electrons. The average Bonchev–Trinajstić information content (AvgIpc) is 2.33. The Morgan fingerprint density at radius 2 is 1.83 bits per heavy atom. The Bertz CT molecular complexity index is 587. The van der Waals surface area contributed by atoms with E-state index in [0.717, 1.165) is 9.87 Å². The molecule has 2 rings (SSSR count). The number of piperidine rings is 1. The lowest BCUT2D eigenvalue weighted by Crippen LogP contribution is -2.41. The monoisotopic (exact) mass is 265 g/mol. The van der Waals surface area contributed by atoms with Crippen LogP contribution in [-0.2, 0) is 14.8 Å². The van der Waals surface area contributed by atoms with Crippen LogP contribution >= 0.6 is 0 Å². The number of benzene rings is 1. The van der Waals surface area contributed by atoms with Crippen molar-refractivity contribution in [3.63, 3.8) is 0 Å². The van der Waals surface area contributed by atoms with E-state index in [-0.39, 0.29) is 11.4 Å². The first kappa shape index (κ1) is 12.8. The van der Waals surface area contributed by atoms with Crippen LogP contribution in [0.5, 0.6) is 0 Å². The second-order valence-corrected chi connectivity index (χ2v) is 6.26. The van der Waals surface area contributed by atoms with Gasteiger partial charge in [-0.1, -0.05) is 24.3 Å². The van der Waals surface area contributed by atoms with Gasteiger partial charge in [0.15, 0.2) is 0 Å². The molecular weight excluding hydrogens is 250 g/mol. The van der Waals surface area contributed by atoms with E-state index in [1.165, 1.54) is 12.1 Å². The van der Waals surface area contributed by atoms with E-state index >= 15 is 0 Å². The van der Waals surface area contributed by atoms with Crippen molar-refractivity contribution in [1.82, 2.24) is 4.31 Å². The molecule has 0 spiro atoms. The minimum Gasteiger partial charge on any atom is -0.268 e. The van der Waals surface area contributed by atoms with Crippen LogP contribution in [0.3, 0.4) is 0 Å². The molecular formula is C13H15NO3S. The van der Waals surface area contributed by atoms with Crippen LogP contribution in [0.25, 0.3) is 0 Å². The smallest absolute Gasteiger partial charge is 0.266 e. The zero-order valence-corrected chi connectivity index (χ0v) is 11.0. The number of hydrogen-bond acceptors (Lipinski definition) is 3. The Balaban J connectivity index is 2.39. The summed E-state index contributed by atoms with van der Waals surface area (Å²) < 4.78 is 25.6. The third-order valence-corrected chi connectivity index (χ3v) is 4.77. The molecule has 4 nitrogen and oxygen atoms in total. The molecule has 0 N–H and O–H groups in total. The van der Waals surface area contributed by atoms with Crippen LogP contribution in [0.15, 0.2) is 41.3 Å². The van der Waals surface area contributed by atoms with Gasteiger partial charge in [-0.15, -0.1) is 0 Å². The number of aryl methyl sites for hydroxylation is 1. The van der Waals surface area contributed by atoms with Crippen molar-refractivity contribution in [3.05, 3.63) is 42.0 Å². The molecule has 0 saturated carbocycles. The molecule has 1 aliphatic rings. The topological polar surface area (TPSA) is 54.5 Å². The lowest BCUT2D eigenvalue weighted by atomic mass is 10.1. The van der Waals surface area contributed by atoms with Gasteiger partial charge in [0.05, 0.1) is 4.90 Å². The fraction of sp³-hybridized carbons (Fsp3) is 0.308. The van der Waals surface area contributed by atoms with Gasteiger partial charge in [0.1, 0.15) is 0 Å². The van der Waals surface area contributed by atoms with Gasteiger partial charge in [0, 0.05) is 12.1 Å². The summed E-state index contributed by atoms with van der Waals surface area (Å²) >= 11 is 0. The first-order valence-electron chi connectivity index (χ1n) is 5.74. The normalized spacial score (nSPS) is 17.1. The first-order valence-corrected chi connectivity index (χ1v) is 7.18. The Morgan fingerprint density at radius 3 is 2.44 bits per heavy atom. The van der Waals surface area contributed by atoms with Crippen LogP contribution in [-0.4, -0.2) is 25.2 Å². The van der Waals surface area contributed by atoms with Gasteiger partial charge in [-0.2, -0.15) is 0 Å². The van der Waals surface area contributed by atoms with E-state index in [1.807, 2.05) is 6.92 Å². The van der Waals surface area contributed by atoms with Crippen LogP contribution in [0.1, 0.15) is 18.4 Å². The van der Waals surface area contributed by atoms with Crippen molar-refractivity contribution in [2.24, 2.45) is 0 Å². The molecule has 1 saturated heterocycles. The first-order chi connectivity index (χ1) is 8.43. The lowest BCUT2D eigenvalue weighted by molar-refractivity contribution is -0.123. The highest BCUT2D eigenvalue weighted by Crippen LogP contribution is 2.23. The van der Waals surface area contributed by atoms with Crippen molar-refractivity contribution in [1.29, 1.82) is 0 Å². The molecule has 5 heteroatoms. The highest BCUT2D eigenvalue weighted by Gasteiger charge is 2.32. The quantitative estimate of drug-likeness (QED) is 0.767. The average molecular weight is 265 g/mol. The summed E-state index contributed by atoms with van der Waals surface area (Å²) in [6, 6.07) is 6.48. The van der Waals surface area contributed by atoms with Gasteiger partial charge in [-0.05, 0) is 31.9 Å². The Morgan fingerprint density at radius 1 is 1.22 bits per heavy atom. The highest BCUT2D eigenvalue weighted by atomic mass is 32.2. The minimum absolute atomic E-state index is 0.149. The number of hydrogen-bond donors (Lipinski definition) is 0. The van der Waals surface area contributed by atoms with E-state index in [0.29, 0.717) is 18.4 Å². The van der Waals surface area contributed by atoms with Crippen LogP contribution < -0.4 is 0 Å². The third kappa shape index (κ3) is 2.18. The molecule has 0 atom stereocenters. The Labute approximate surface area is 107 Å². The fourth-order valence-corrected chi connectivity index (χ4v) is 3.34. The van der Waals surface area contributed by atoms with E-state index in [1.54, 1.807) is 12.1 Å². The molecule has 18 heavy (non-hydrogen) atoms. The van der Waals surface area contributed by atoms with Crippen molar-refractivity contribution in [3.8, 4) is 0 Å². The third-order valence-electron chi connectivity index (χ3n) is 2.98. The van der Waals surface area contributed by atoms with E-state index in [4.69, 9.17) is 0 Å². The summed E-state index contributed by atoms with van der Waals surface area (Å²) in [4.78, 5) is 12.0. The number of rotatable bonds is 2. The molecule has 1 heterocycles. The van der Waals surface area contributed by atoms with E-state index in [9.17, 15) is 13.2 Å². The minimum atomic E-state index is -3.74. The maximum atomic E-state index is 12.3. The zero-order chi connectivity index (χ0) is 13.3. The standard InChI is InChI=1S/C13H15NO3S/c1-10-5-7-12(8-6-10)18(16,17)14-9-3-4-11(2)13(14)15/h5-8H,2-4,9H2,1H3. The summed E-state index contributed by atoms with van der Waals surface area (Å²) in [5, 5.41) is 0. The van der Waals surface area contributed by atoms with Gasteiger partial charge in [0.25, 0.3) is 15.9 Å². The van der Waals surface area contributed by atoms with Crippen LogP contribution in [0.4, 0.5) is 0 Å². The van der Waals surface area contributed by atoms with E-state index < -0.39 is 15.9 Å². The molecule has 0 aromatic heterocycles. The molecule has 1 fully saturated rings.